The second kappa shape index (κ2) is 34.4. The van der Waals surface area contributed by atoms with E-state index in [0.717, 1.165) is 78.5 Å². The molecular weight excluding hydrogens is 1100 g/mol. The number of rotatable bonds is 40. The standard InChI is InChI=1S/C74H108N4O6S2/c1-49(2)19-15-23-53(9)39-43-81-65(82-44-40-54(10)24-16-20-50(3)4)47-77-71-69(67(73(77)79)60-30-27-57(13)28-31-60)75-72-70(76-71)68(61-34-32-59(33-35-61)62-37-38-64(86-62)63-36-29-58(14)85-63)74(80)78(72)48-66(83-45-41-55(11)25-17-21-51(5)6)84-46-42-56(12)26-18-22-52(7)8/h27-38,49-56,65-66H,15-26,39-48H2,1-14H3. The van der Waals surface area contributed by atoms with Gasteiger partial charge in [0, 0.05) is 19.5 Å². The zero-order chi connectivity index (χ0) is 61.9. The Morgan fingerprint density at radius 3 is 1.06 bits per heavy atom. The van der Waals surface area contributed by atoms with E-state index in [-0.39, 0.29) is 24.9 Å². The molecule has 5 aromatic rings. The van der Waals surface area contributed by atoms with E-state index in [1.54, 1.807) is 32.5 Å². The summed E-state index contributed by atoms with van der Waals surface area (Å²) in [6.07, 6.45) is 16.3. The van der Waals surface area contributed by atoms with Gasteiger partial charge in [-0.3, -0.25) is 19.4 Å². The molecule has 472 valence electrons. The van der Waals surface area contributed by atoms with Crippen LogP contribution in [0, 0.1) is 61.2 Å². The first-order valence-electron chi connectivity index (χ1n) is 33.4. The van der Waals surface area contributed by atoms with Gasteiger partial charge in [0.05, 0.1) is 50.7 Å². The Kier molecular flexibility index (Phi) is 27.6. The van der Waals surface area contributed by atoms with Crippen molar-refractivity contribution in [2.75, 3.05) is 49.3 Å². The molecule has 0 radical (unpaired) electrons. The summed E-state index contributed by atoms with van der Waals surface area (Å²) in [7, 11) is 0. The zero-order valence-corrected chi connectivity index (χ0v) is 56.9. The molecule has 0 N–H and O–H groups in total. The molecule has 86 heavy (non-hydrogen) atoms. The lowest BCUT2D eigenvalue weighted by molar-refractivity contribution is -0.143. The van der Waals surface area contributed by atoms with Crippen LogP contribution in [0.1, 0.15) is 207 Å². The maximum absolute atomic E-state index is 15.7. The summed E-state index contributed by atoms with van der Waals surface area (Å²) in [6.45, 7) is 34.0. The fourth-order valence-corrected chi connectivity index (χ4v) is 13.6. The van der Waals surface area contributed by atoms with E-state index in [0.29, 0.717) is 107 Å². The molecule has 5 heterocycles. The number of amides is 2. The second-order valence-electron chi connectivity index (χ2n) is 27.4. The van der Waals surface area contributed by atoms with E-state index in [1.165, 1.54) is 66.0 Å². The first-order valence-corrected chi connectivity index (χ1v) is 35.0. The van der Waals surface area contributed by atoms with Crippen LogP contribution in [-0.4, -0.2) is 73.9 Å². The summed E-state index contributed by atoms with van der Waals surface area (Å²) >= 11 is 3.57. The smallest absolute Gasteiger partial charge is 0.262 e. The number of aromatic nitrogens is 2. The van der Waals surface area contributed by atoms with Gasteiger partial charge >= 0.3 is 0 Å². The fourth-order valence-electron chi connectivity index (χ4n) is 11.7. The summed E-state index contributed by atoms with van der Waals surface area (Å²) in [6, 6.07) is 25.0. The van der Waals surface area contributed by atoms with Crippen LogP contribution in [0.3, 0.4) is 0 Å². The van der Waals surface area contributed by atoms with Gasteiger partial charge in [-0.25, -0.2) is 9.97 Å². The Morgan fingerprint density at radius 1 is 0.384 bits per heavy atom. The highest BCUT2D eigenvalue weighted by Crippen LogP contribution is 2.39. The summed E-state index contributed by atoms with van der Waals surface area (Å²) in [5.41, 5.74) is 4.47. The van der Waals surface area contributed by atoms with Gasteiger partial charge in [0.1, 0.15) is 10.7 Å². The SMILES string of the molecule is Cc1ccc(C2=c3nc4c(nc3N(CC(OCCC(C)CCCC(C)C)OCCC(C)CCCC(C)C)C2=O)=C(c2ccc(-c3ccc(-c5ccc(C)s5)s3)cc2)C(=O)N4CC(OCCC(C)CCCC(C)C)OCCC(C)CCCC(C)C)cc1. The zero-order valence-electron chi connectivity index (χ0n) is 55.3. The number of carbonyl (C=O) groups is 2. The Bertz CT molecular complexity index is 2950. The fraction of sp³-hybridized carbons (Fsp3) is 0.622. The van der Waals surface area contributed by atoms with Gasteiger partial charge in [0.2, 0.25) is 0 Å². The van der Waals surface area contributed by atoms with Gasteiger partial charge in [0.25, 0.3) is 11.8 Å². The van der Waals surface area contributed by atoms with E-state index in [2.05, 4.69) is 126 Å². The lowest BCUT2D eigenvalue weighted by Gasteiger charge is -2.26. The minimum atomic E-state index is -0.723. The second-order valence-corrected chi connectivity index (χ2v) is 29.8. The molecular formula is C74H108N4O6S2. The Morgan fingerprint density at radius 2 is 0.709 bits per heavy atom. The van der Waals surface area contributed by atoms with Crippen molar-refractivity contribution in [1.29, 1.82) is 0 Å². The minimum absolute atomic E-state index is 0.109. The molecule has 4 unspecified atom stereocenters. The van der Waals surface area contributed by atoms with Crippen molar-refractivity contribution in [3.05, 3.63) is 105 Å². The molecule has 0 fully saturated rings. The summed E-state index contributed by atoms with van der Waals surface area (Å²) in [5.74, 6) is 5.00. The number of anilines is 2. The highest BCUT2D eigenvalue weighted by molar-refractivity contribution is 7.23. The van der Waals surface area contributed by atoms with Gasteiger partial charge < -0.3 is 18.9 Å². The van der Waals surface area contributed by atoms with Crippen molar-refractivity contribution >= 4 is 57.3 Å². The first kappa shape index (κ1) is 68.9. The molecule has 0 saturated heterocycles. The topological polar surface area (TPSA) is 103 Å². The number of ether oxygens (including phenoxy) is 4. The highest BCUT2D eigenvalue weighted by atomic mass is 32.1. The molecule has 2 aliphatic heterocycles. The molecule has 2 aromatic carbocycles. The van der Waals surface area contributed by atoms with Gasteiger partial charge in [0.15, 0.2) is 24.2 Å². The molecule has 0 spiro atoms. The third-order valence-corrected chi connectivity index (χ3v) is 19.7. The molecule has 2 aliphatic rings. The molecule has 3 aromatic heterocycles. The molecule has 4 atom stereocenters. The Hall–Kier alpha value is -4.56. The van der Waals surface area contributed by atoms with Crippen molar-refractivity contribution in [2.24, 2.45) is 47.3 Å². The molecule has 7 rings (SSSR count). The number of hydrogen-bond acceptors (Lipinski definition) is 10. The number of fused-ring (bicyclic) bond motifs is 2. The van der Waals surface area contributed by atoms with E-state index in [1.807, 2.05) is 43.3 Å². The summed E-state index contributed by atoms with van der Waals surface area (Å²) in [4.78, 5) is 50.5. The Balaban J connectivity index is 1.28. The van der Waals surface area contributed by atoms with Crippen LogP contribution in [0.5, 0.6) is 0 Å². The van der Waals surface area contributed by atoms with Gasteiger partial charge in [-0.1, -0.05) is 214 Å². The number of thiophene rings is 2. The van der Waals surface area contributed by atoms with Crippen LogP contribution in [-0.2, 0) is 28.5 Å². The molecule has 0 saturated carbocycles. The summed E-state index contributed by atoms with van der Waals surface area (Å²) < 4.78 is 27.0. The number of hydrogen-bond donors (Lipinski definition) is 0. The predicted molar refractivity (Wildman–Crippen MR) is 361 cm³/mol. The van der Waals surface area contributed by atoms with E-state index < -0.39 is 12.6 Å². The molecule has 0 aliphatic carbocycles. The number of carbonyl (C=O) groups excluding carboxylic acids is 2. The molecule has 10 nitrogen and oxygen atoms in total. The van der Waals surface area contributed by atoms with Crippen molar-refractivity contribution < 1.29 is 28.5 Å². The lowest BCUT2D eigenvalue weighted by Crippen LogP contribution is -2.41. The number of aryl methyl sites for hydroxylation is 2. The quantitative estimate of drug-likeness (QED) is 0.0357. The largest absolute Gasteiger partial charge is 0.351 e. The van der Waals surface area contributed by atoms with Crippen molar-refractivity contribution in [2.45, 2.75) is 212 Å². The van der Waals surface area contributed by atoms with E-state index >= 15 is 9.59 Å². The highest BCUT2D eigenvalue weighted by Gasteiger charge is 2.40. The Labute approximate surface area is 527 Å². The van der Waals surface area contributed by atoms with Crippen LogP contribution in [0.25, 0.3) is 31.3 Å². The van der Waals surface area contributed by atoms with Crippen LogP contribution in [0.2, 0.25) is 0 Å². The predicted octanol–water partition coefficient (Wildman–Crippen LogP) is 17.8. The molecule has 12 heteroatoms. The van der Waals surface area contributed by atoms with E-state index in [4.69, 9.17) is 28.9 Å². The number of nitrogens with zero attached hydrogens (tertiary/aromatic N) is 4. The lowest BCUT2D eigenvalue weighted by atomic mass is 9.97. The van der Waals surface area contributed by atoms with Crippen LogP contribution >= 0.6 is 22.7 Å². The maximum Gasteiger partial charge on any atom is 0.262 e. The third-order valence-electron chi connectivity index (χ3n) is 17.4. The monoisotopic (exact) mass is 1210 g/mol. The molecule has 2 amide bonds. The van der Waals surface area contributed by atoms with Crippen LogP contribution in [0.4, 0.5) is 11.6 Å². The third kappa shape index (κ3) is 20.8. The average molecular weight is 1210 g/mol. The van der Waals surface area contributed by atoms with Crippen molar-refractivity contribution in [3.63, 3.8) is 0 Å². The summed E-state index contributed by atoms with van der Waals surface area (Å²) in [5, 5.41) is 0.859. The normalized spacial score (nSPS) is 15.7. The van der Waals surface area contributed by atoms with Crippen LogP contribution in [0.15, 0.2) is 72.8 Å². The maximum atomic E-state index is 15.7. The minimum Gasteiger partial charge on any atom is -0.351 e. The average Bonchev–Trinajstić information content (AvgIpc) is 1.60. The molecule has 0 bridgehead atoms. The van der Waals surface area contributed by atoms with Gasteiger partial charge in [-0.05, 0) is 128 Å². The number of benzene rings is 2. The van der Waals surface area contributed by atoms with Gasteiger partial charge in [-0.15, -0.1) is 22.7 Å². The van der Waals surface area contributed by atoms with Crippen LogP contribution < -0.4 is 20.5 Å². The van der Waals surface area contributed by atoms with Crippen molar-refractivity contribution in [1.82, 2.24) is 9.97 Å². The van der Waals surface area contributed by atoms with Crippen molar-refractivity contribution in [3.8, 4) is 20.2 Å². The van der Waals surface area contributed by atoms with Gasteiger partial charge in [-0.2, -0.15) is 0 Å². The first-order chi connectivity index (χ1) is 41.2. The van der Waals surface area contributed by atoms with E-state index in [9.17, 15) is 0 Å².